The zero-order valence-electron chi connectivity index (χ0n) is 18.9. The Morgan fingerprint density at radius 3 is 1.71 bits per heavy atom. The molecule has 0 saturated carbocycles. The number of carboxylic acid groups (broad SMARTS) is 1. The van der Waals surface area contributed by atoms with Crippen LogP contribution in [0.4, 0.5) is 0 Å². The molecule has 8 heteroatoms. The van der Waals surface area contributed by atoms with Crippen LogP contribution in [0, 0.1) is 0 Å². The van der Waals surface area contributed by atoms with E-state index in [9.17, 15) is 19.5 Å². The molecule has 8 nitrogen and oxygen atoms in total. The lowest BCUT2D eigenvalue weighted by Gasteiger charge is -2.32. The van der Waals surface area contributed by atoms with Gasteiger partial charge in [-0.15, -0.1) is 0 Å². The van der Waals surface area contributed by atoms with Gasteiger partial charge in [0, 0.05) is 12.8 Å². The first-order valence-electron chi connectivity index (χ1n) is 11.0. The van der Waals surface area contributed by atoms with Crippen LogP contribution in [0.25, 0.3) is 0 Å². The van der Waals surface area contributed by atoms with E-state index in [1.165, 1.54) is 0 Å². The summed E-state index contributed by atoms with van der Waals surface area (Å²) in [5, 5.41) is 18.2. The third-order valence-corrected chi connectivity index (χ3v) is 5.05. The average Bonchev–Trinajstić information content (AvgIpc) is 2.89. The number of rotatable bonds is 6. The Balaban J connectivity index is 0.000000320. The topological polar surface area (TPSA) is 119 Å². The minimum atomic E-state index is -1.07. The number of aliphatic hydroxyl groups excluding tert-OH is 1. The zero-order valence-corrected chi connectivity index (χ0v) is 18.9. The first-order valence-corrected chi connectivity index (χ1v) is 11.0. The molecular formula is C27H26O8. The summed E-state index contributed by atoms with van der Waals surface area (Å²) >= 11 is 0. The Bertz CT molecular complexity index is 1090. The number of aliphatic hydroxyl groups is 1. The smallest absolute Gasteiger partial charge is 0.338 e. The molecule has 0 radical (unpaired) electrons. The predicted octanol–water partition coefficient (Wildman–Crippen LogP) is 3.95. The van der Waals surface area contributed by atoms with Crippen molar-refractivity contribution < 1.29 is 38.8 Å². The van der Waals surface area contributed by atoms with Crippen molar-refractivity contribution in [3.63, 3.8) is 0 Å². The van der Waals surface area contributed by atoms with E-state index in [0.717, 1.165) is 0 Å². The lowest BCUT2D eigenvalue weighted by atomic mass is 10.1. The number of ether oxygens (including phenoxy) is 3. The molecule has 1 aliphatic rings. The Morgan fingerprint density at radius 2 is 1.23 bits per heavy atom. The van der Waals surface area contributed by atoms with Crippen molar-refractivity contribution in [2.24, 2.45) is 0 Å². The summed E-state index contributed by atoms with van der Waals surface area (Å²) < 4.78 is 16.1. The maximum atomic E-state index is 12.1. The SMILES string of the molecule is O=C(O)c1ccccc1.O=C(OCC1CC(OC(=O)c2ccccc2)CC(O)O1)c1ccccc1. The molecule has 0 spiro atoms. The van der Waals surface area contributed by atoms with Crippen molar-refractivity contribution in [1.82, 2.24) is 0 Å². The van der Waals surface area contributed by atoms with Crippen molar-refractivity contribution in [3.8, 4) is 0 Å². The molecule has 1 fully saturated rings. The van der Waals surface area contributed by atoms with Crippen LogP contribution < -0.4 is 0 Å². The molecule has 1 saturated heterocycles. The monoisotopic (exact) mass is 478 g/mol. The number of benzene rings is 3. The quantitative estimate of drug-likeness (QED) is 0.511. The molecule has 1 aliphatic heterocycles. The van der Waals surface area contributed by atoms with Gasteiger partial charge in [0.2, 0.25) is 0 Å². The highest BCUT2D eigenvalue weighted by Gasteiger charge is 2.32. The van der Waals surface area contributed by atoms with Crippen LogP contribution in [0.15, 0.2) is 91.0 Å². The summed E-state index contributed by atoms with van der Waals surface area (Å²) in [6, 6.07) is 25.6. The lowest BCUT2D eigenvalue weighted by Crippen LogP contribution is -2.40. The standard InChI is InChI=1S/C20H20O6.C7H6O2/c21-18-12-16(26-20(23)15-9-5-2-6-10-15)11-17(25-18)13-24-19(22)14-7-3-1-4-8-14;8-7(9)6-4-2-1-3-5-6/h1-10,16-18,21H,11-13H2;1-5H,(H,8,9). The fourth-order valence-electron chi connectivity index (χ4n) is 3.35. The molecule has 1 heterocycles. The van der Waals surface area contributed by atoms with E-state index in [-0.39, 0.29) is 13.0 Å². The number of carbonyl (C=O) groups excluding carboxylic acids is 2. The van der Waals surface area contributed by atoms with E-state index < -0.39 is 36.4 Å². The Kier molecular flexibility index (Phi) is 9.53. The van der Waals surface area contributed by atoms with E-state index in [0.29, 0.717) is 23.1 Å². The minimum absolute atomic E-state index is 0.0236. The fourth-order valence-corrected chi connectivity index (χ4v) is 3.35. The van der Waals surface area contributed by atoms with Crippen LogP contribution in [0.3, 0.4) is 0 Å². The summed E-state index contributed by atoms with van der Waals surface area (Å²) in [5.74, 6) is -1.80. The van der Waals surface area contributed by atoms with E-state index in [1.54, 1.807) is 78.9 Å². The second-order valence-electron chi connectivity index (χ2n) is 7.71. The van der Waals surface area contributed by atoms with E-state index in [1.807, 2.05) is 12.1 Å². The number of hydrogen-bond donors (Lipinski definition) is 2. The summed E-state index contributed by atoms with van der Waals surface area (Å²) in [4.78, 5) is 34.3. The molecule has 2 N–H and O–H groups in total. The predicted molar refractivity (Wildman–Crippen MR) is 126 cm³/mol. The van der Waals surface area contributed by atoms with Crippen LogP contribution in [0.1, 0.15) is 43.9 Å². The van der Waals surface area contributed by atoms with Gasteiger partial charge in [0.15, 0.2) is 6.29 Å². The summed E-state index contributed by atoms with van der Waals surface area (Å²) in [7, 11) is 0. The molecule has 0 aliphatic carbocycles. The zero-order chi connectivity index (χ0) is 25.0. The minimum Gasteiger partial charge on any atom is -0.478 e. The fraction of sp³-hybridized carbons (Fsp3) is 0.222. The van der Waals surface area contributed by atoms with Crippen molar-refractivity contribution in [1.29, 1.82) is 0 Å². The number of aromatic carboxylic acids is 1. The summed E-state index contributed by atoms with van der Waals surface area (Å²) in [6.45, 7) is -0.0236. The summed E-state index contributed by atoms with van der Waals surface area (Å²) in [6.07, 6.45) is -1.59. The van der Waals surface area contributed by atoms with Gasteiger partial charge < -0.3 is 24.4 Å². The van der Waals surface area contributed by atoms with Crippen LogP contribution in [-0.2, 0) is 14.2 Å². The van der Waals surface area contributed by atoms with Crippen molar-refractivity contribution in [3.05, 3.63) is 108 Å². The highest BCUT2D eigenvalue weighted by atomic mass is 16.6. The molecule has 3 atom stereocenters. The first kappa shape index (κ1) is 25.6. The van der Waals surface area contributed by atoms with Crippen LogP contribution in [0.2, 0.25) is 0 Å². The number of esters is 2. The highest BCUT2D eigenvalue weighted by molar-refractivity contribution is 5.90. The van der Waals surface area contributed by atoms with Crippen molar-refractivity contribution in [2.45, 2.75) is 31.3 Å². The van der Waals surface area contributed by atoms with Gasteiger partial charge in [-0.05, 0) is 36.4 Å². The molecule has 4 rings (SSSR count). The van der Waals surface area contributed by atoms with Gasteiger partial charge in [0.25, 0.3) is 0 Å². The Morgan fingerprint density at radius 1 is 0.743 bits per heavy atom. The molecule has 0 bridgehead atoms. The molecule has 3 unspecified atom stereocenters. The highest BCUT2D eigenvalue weighted by Crippen LogP contribution is 2.22. The first-order chi connectivity index (χ1) is 16.9. The van der Waals surface area contributed by atoms with Gasteiger partial charge in [-0.25, -0.2) is 14.4 Å². The van der Waals surface area contributed by atoms with E-state index in [4.69, 9.17) is 19.3 Å². The third kappa shape index (κ3) is 8.37. The third-order valence-electron chi connectivity index (χ3n) is 5.05. The number of hydrogen-bond acceptors (Lipinski definition) is 7. The van der Waals surface area contributed by atoms with Crippen LogP contribution in [0.5, 0.6) is 0 Å². The van der Waals surface area contributed by atoms with Crippen molar-refractivity contribution in [2.75, 3.05) is 6.61 Å². The normalized spacial score (nSPS) is 18.9. The van der Waals surface area contributed by atoms with Crippen molar-refractivity contribution >= 4 is 17.9 Å². The molecule has 182 valence electrons. The largest absolute Gasteiger partial charge is 0.478 e. The van der Waals surface area contributed by atoms with Gasteiger partial charge in [0.1, 0.15) is 12.7 Å². The molecule has 0 aromatic heterocycles. The Hall–Kier alpha value is -4.01. The van der Waals surface area contributed by atoms with Crippen LogP contribution in [-0.4, -0.2) is 53.2 Å². The van der Waals surface area contributed by atoms with Gasteiger partial charge >= 0.3 is 17.9 Å². The molecule has 3 aromatic carbocycles. The number of carboxylic acids is 1. The maximum Gasteiger partial charge on any atom is 0.338 e. The Labute approximate surface area is 202 Å². The molecule has 0 amide bonds. The van der Waals surface area contributed by atoms with Crippen LogP contribution >= 0.6 is 0 Å². The second-order valence-corrected chi connectivity index (χ2v) is 7.71. The van der Waals surface area contributed by atoms with E-state index >= 15 is 0 Å². The molecular weight excluding hydrogens is 452 g/mol. The number of carbonyl (C=O) groups is 3. The van der Waals surface area contributed by atoms with E-state index in [2.05, 4.69) is 0 Å². The van der Waals surface area contributed by atoms with Gasteiger partial charge in [0.05, 0.1) is 22.8 Å². The second kappa shape index (κ2) is 13.0. The van der Waals surface area contributed by atoms with Gasteiger partial charge in [-0.2, -0.15) is 0 Å². The summed E-state index contributed by atoms with van der Waals surface area (Å²) in [5.41, 5.74) is 1.22. The maximum absolute atomic E-state index is 12.1. The molecule has 35 heavy (non-hydrogen) atoms. The lowest BCUT2D eigenvalue weighted by molar-refractivity contribution is -0.197. The van der Waals surface area contributed by atoms with Gasteiger partial charge in [-0.3, -0.25) is 0 Å². The molecule has 3 aromatic rings. The average molecular weight is 478 g/mol. The van der Waals surface area contributed by atoms with Gasteiger partial charge in [-0.1, -0.05) is 54.6 Å².